The number of carbonyl (C=O) groups is 3. The summed E-state index contributed by atoms with van der Waals surface area (Å²) in [5, 5.41) is 5.31. The second kappa shape index (κ2) is 10.8. The quantitative estimate of drug-likeness (QED) is 0.498. The molecular weight excluding hydrogens is 370 g/mol. The van der Waals surface area contributed by atoms with Crippen molar-refractivity contribution in [2.75, 3.05) is 35.2 Å². The van der Waals surface area contributed by atoms with E-state index in [-0.39, 0.29) is 18.6 Å². The van der Waals surface area contributed by atoms with Crippen LogP contribution in [0.2, 0.25) is 0 Å². The number of para-hydroxylation sites is 1. The summed E-state index contributed by atoms with van der Waals surface area (Å²) in [4.78, 5) is 38.6. The Labute approximate surface area is 171 Å². The number of ether oxygens (including phenoxy) is 1. The number of carbonyl (C=O) groups excluding carboxylic acids is 3. The number of esters is 1. The molecule has 0 saturated heterocycles. The maximum absolute atomic E-state index is 12.2. The fourth-order valence-electron chi connectivity index (χ4n) is 2.87. The molecular formula is C22H27N3O4. The summed E-state index contributed by atoms with van der Waals surface area (Å²) < 4.78 is 4.98. The van der Waals surface area contributed by atoms with Crippen molar-refractivity contribution in [3.8, 4) is 0 Å². The predicted octanol–water partition coefficient (Wildman–Crippen LogP) is 3.68. The molecule has 0 heterocycles. The van der Waals surface area contributed by atoms with Crippen LogP contribution in [0.1, 0.15) is 37.6 Å². The van der Waals surface area contributed by atoms with Gasteiger partial charge in [-0.2, -0.15) is 0 Å². The lowest BCUT2D eigenvalue weighted by Crippen LogP contribution is -2.23. The van der Waals surface area contributed by atoms with Gasteiger partial charge in [0.1, 0.15) is 6.42 Å². The van der Waals surface area contributed by atoms with E-state index < -0.39 is 17.8 Å². The Morgan fingerprint density at radius 2 is 1.48 bits per heavy atom. The molecule has 0 unspecified atom stereocenters. The van der Waals surface area contributed by atoms with Gasteiger partial charge in [-0.1, -0.05) is 12.1 Å². The number of nitrogens with zero attached hydrogens (tertiary/aromatic N) is 1. The zero-order valence-corrected chi connectivity index (χ0v) is 17.0. The third-order valence-electron chi connectivity index (χ3n) is 4.30. The Morgan fingerprint density at radius 3 is 2.10 bits per heavy atom. The van der Waals surface area contributed by atoms with Crippen LogP contribution in [0.4, 0.5) is 17.1 Å². The minimum absolute atomic E-state index is 0.233. The molecule has 2 N–H and O–H groups in total. The van der Waals surface area contributed by atoms with Crippen molar-refractivity contribution in [3.63, 3.8) is 0 Å². The van der Waals surface area contributed by atoms with Crippen molar-refractivity contribution < 1.29 is 19.1 Å². The highest BCUT2D eigenvalue weighted by atomic mass is 16.5. The van der Waals surface area contributed by atoms with Gasteiger partial charge in [-0.05, 0) is 57.2 Å². The van der Waals surface area contributed by atoms with E-state index in [1.165, 1.54) is 0 Å². The van der Waals surface area contributed by atoms with Gasteiger partial charge in [0, 0.05) is 24.5 Å². The van der Waals surface area contributed by atoms with Gasteiger partial charge < -0.3 is 20.3 Å². The molecule has 2 rings (SSSR count). The topological polar surface area (TPSA) is 87.7 Å². The molecule has 0 spiro atoms. The lowest BCUT2D eigenvalue weighted by molar-refractivity contribution is -0.123. The van der Waals surface area contributed by atoms with Gasteiger partial charge in [0.25, 0.3) is 0 Å². The minimum Gasteiger partial charge on any atom is -0.462 e. The van der Waals surface area contributed by atoms with E-state index in [2.05, 4.69) is 29.4 Å². The second-order valence-corrected chi connectivity index (χ2v) is 6.26. The Kier molecular flexibility index (Phi) is 8.21. The maximum atomic E-state index is 12.2. The van der Waals surface area contributed by atoms with E-state index in [4.69, 9.17) is 4.74 Å². The molecule has 2 amide bonds. The third-order valence-corrected chi connectivity index (χ3v) is 4.30. The monoisotopic (exact) mass is 397 g/mol. The summed E-state index contributed by atoms with van der Waals surface area (Å²) in [7, 11) is 0. The van der Waals surface area contributed by atoms with Gasteiger partial charge in [-0.25, -0.2) is 4.79 Å². The largest absolute Gasteiger partial charge is 0.462 e. The highest BCUT2D eigenvalue weighted by Crippen LogP contribution is 2.19. The summed E-state index contributed by atoms with van der Waals surface area (Å²) in [6, 6.07) is 14.0. The smallest absolute Gasteiger partial charge is 0.340 e. The standard InChI is InChI=1S/C22H27N3O4/c1-4-25(5-2)17-13-11-16(12-14-17)23-20(26)15-21(27)24-19-10-8-7-9-18(19)22(28)29-6-3/h7-14H,4-6,15H2,1-3H3,(H,23,26)(H,24,27). The predicted molar refractivity (Wildman–Crippen MR) is 114 cm³/mol. The van der Waals surface area contributed by atoms with Crippen LogP contribution in [0.25, 0.3) is 0 Å². The van der Waals surface area contributed by atoms with Crippen LogP contribution < -0.4 is 15.5 Å². The van der Waals surface area contributed by atoms with E-state index in [0.717, 1.165) is 18.8 Å². The summed E-state index contributed by atoms with van der Waals surface area (Å²) >= 11 is 0. The maximum Gasteiger partial charge on any atom is 0.340 e. The van der Waals surface area contributed by atoms with Gasteiger partial charge >= 0.3 is 5.97 Å². The number of hydrogen-bond donors (Lipinski definition) is 2. The third kappa shape index (κ3) is 6.34. The van der Waals surface area contributed by atoms with Crippen LogP contribution in [-0.4, -0.2) is 37.5 Å². The molecule has 0 bridgehead atoms. The number of amides is 2. The molecule has 7 nitrogen and oxygen atoms in total. The Morgan fingerprint density at radius 1 is 0.862 bits per heavy atom. The number of nitrogens with one attached hydrogen (secondary N) is 2. The van der Waals surface area contributed by atoms with E-state index in [9.17, 15) is 14.4 Å². The van der Waals surface area contributed by atoms with Crippen LogP contribution in [0.15, 0.2) is 48.5 Å². The fraction of sp³-hybridized carbons (Fsp3) is 0.318. The number of benzene rings is 2. The molecule has 7 heteroatoms. The average Bonchev–Trinajstić information content (AvgIpc) is 2.70. The molecule has 0 aliphatic rings. The van der Waals surface area contributed by atoms with Crippen LogP contribution >= 0.6 is 0 Å². The fourth-order valence-corrected chi connectivity index (χ4v) is 2.87. The van der Waals surface area contributed by atoms with Gasteiger partial charge in [-0.15, -0.1) is 0 Å². The molecule has 29 heavy (non-hydrogen) atoms. The molecule has 0 saturated carbocycles. The Hall–Kier alpha value is -3.35. The van der Waals surface area contributed by atoms with Gasteiger partial charge in [0.05, 0.1) is 17.9 Å². The SMILES string of the molecule is CCOC(=O)c1ccccc1NC(=O)CC(=O)Nc1ccc(N(CC)CC)cc1. The van der Waals surface area contributed by atoms with Crippen LogP contribution in [0.3, 0.4) is 0 Å². The van der Waals surface area contributed by atoms with Gasteiger partial charge in [0.15, 0.2) is 0 Å². The molecule has 0 aromatic heterocycles. The first-order valence-electron chi connectivity index (χ1n) is 9.69. The Balaban J connectivity index is 1.95. The van der Waals surface area contributed by atoms with E-state index in [1.54, 1.807) is 43.3 Å². The molecule has 0 aliphatic carbocycles. The molecule has 2 aromatic rings. The van der Waals surface area contributed by atoms with Crippen molar-refractivity contribution >= 4 is 34.8 Å². The normalized spacial score (nSPS) is 10.2. The average molecular weight is 397 g/mol. The first kappa shape index (κ1) is 21.9. The van der Waals surface area contributed by atoms with Crippen LogP contribution in [0, 0.1) is 0 Å². The lowest BCUT2D eigenvalue weighted by Gasteiger charge is -2.21. The molecule has 0 fully saturated rings. The zero-order valence-electron chi connectivity index (χ0n) is 17.0. The molecule has 2 aromatic carbocycles. The molecule has 154 valence electrons. The van der Waals surface area contributed by atoms with Crippen molar-refractivity contribution in [2.24, 2.45) is 0 Å². The summed E-state index contributed by atoms with van der Waals surface area (Å²) in [5.41, 5.74) is 2.24. The first-order valence-corrected chi connectivity index (χ1v) is 9.69. The minimum atomic E-state index is -0.527. The summed E-state index contributed by atoms with van der Waals surface area (Å²) in [6.45, 7) is 7.90. The number of rotatable bonds is 9. The van der Waals surface area contributed by atoms with Crippen molar-refractivity contribution in [3.05, 3.63) is 54.1 Å². The zero-order chi connectivity index (χ0) is 21.2. The van der Waals surface area contributed by atoms with Crippen LogP contribution in [-0.2, 0) is 14.3 Å². The number of hydrogen-bond acceptors (Lipinski definition) is 5. The van der Waals surface area contributed by atoms with E-state index >= 15 is 0 Å². The summed E-state index contributed by atoms with van der Waals surface area (Å²) in [6.07, 6.45) is -0.366. The summed E-state index contributed by atoms with van der Waals surface area (Å²) in [5.74, 6) is -1.48. The highest BCUT2D eigenvalue weighted by molar-refractivity contribution is 6.10. The highest BCUT2D eigenvalue weighted by Gasteiger charge is 2.16. The van der Waals surface area contributed by atoms with Crippen LogP contribution in [0.5, 0.6) is 0 Å². The van der Waals surface area contributed by atoms with Crippen molar-refractivity contribution in [2.45, 2.75) is 27.2 Å². The molecule has 0 aliphatic heterocycles. The lowest BCUT2D eigenvalue weighted by atomic mass is 10.1. The second-order valence-electron chi connectivity index (χ2n) is 6.26. The van der Waals surface area contributed by atoms with Crippen molar-refractivity contribution in [1.29, 1.82) is 0 Å². The van der Waals surface area contributed by atoms with Crippen molar-refractivity contribution in [1.82, 2.24) is 0 Å². The van der Waals surface area contributed by atoms with Gasteiger partial charge in [0.2, 0.25) is 11.8 Å². The first-order chi connectivity index (χ1) is 14.0. The van der Waals surface area contributed by atoms with E-state index in [0.29, 0.717) is 11.4 Å². The molecule has 0 radical (unpaired) electrons. The molecule has 0 atom stereocenters. The Bertz CT molecular complexity index is 845. The van der Waals surface area contributed by atoms with Gasteiger partial charge in [-0.3, -0.25) is 9.59 Å². The number of anilines is 3. The van der Waals surface area contributed by atoms with E-state index in [1.807, 2.05) is 12.1 Å².